The molecule has 0 amide bonds. The van der Waals surface area contributed by atoms with Crippen molar-refractivity contribution >= 4 is 5.52 Å². The van der Waals surface area contributed by atoms with Crippen LogP contribution in [0.25, 0.3) is 5.52 Å². The first-order valence-electron chi connectivity index (χ1n) is 4.75. The van der Waals surface area contributed by atoms with Crippen molar-refractivity contribution in [1.29, 1.82) is 0 Å². The first-order chi connectivity index (χ1) is 6.48. The van der Waals surface area contributed by atoms with Crippen molar-refractivity contribution in [2.75, 3.05) is 0 Å². The fourth-order valence-electron chi connectivity index (χ4n) is 1.72. The molecular formula is C12H14FN. The molecule has 2 heteroatoms. The smallest absolute Gasteiger partial charge is 0.140 e. The molecule has 0 radical (unpaired) electrons. The van der Waals surface area contributed by atoms with E-state index in [0.717, 1.165) is 11.1 Å². The molecule has 0 saturated heterocycles. The van der Waals surface area contributed by atoms with Gasteiger partial charge in [0, 0.05) is 17.9 Å². The second-order valence-electron chi connectivity index (χ2n) is 4.62. The number of hydrogen-bond donors (Lipinski definition) is 0. The molecular weight excluding hydrogens is 177 g/mol. The van der Waals surface area contributed by atoms with Crippen LogP contribution in [0.3, 0.4) is 0 Å². The van der Waals surface area contributed by atoms with Crippen LogP contribution in [-0.4, -0.2) is 4.40 Å². The topological polar surface area (TPSA) is 4.41 Å². The van der Waals surface area contributed by atoms with Crippen LogP contribution in [0.4, 0.5) is 4.39 Å². The van der Waals surface area contributed by atoms with Crippen LogP contribution in [0.2, 0.25) is 0 Å². The summed E-state index contributed by atoms with van der Waals surface area (Å²) < 4.78 is 15.1. The average Bonchev–Trinajstić information content (AvgIpc) is 2.47. The molecule has 74 valence electrons. The number of halogens is 1. The third-order valence-electron chi connectivity index (χ3n) is 2.41. The van der Waals surface area contributed by atoms with Gasteiger partial charge in [-0.1, -0.05) is 20.8 Å². The highest BCUT2D eigenvalue weighted by molar-refractivity contribution is 5.58. The lowest BCUT2D eigenvalue weighted by Crippen LogP contribution is -2.13. The highest BCUT2D eigenvalue weighted by Crippen LogP contribution is 2.27. The first-order valence-corrected chi connectivity index (χ1v) is 4.75. The molecule has 0 spiro atoms. The van der Waals surface area contributed by atoms with Gasteiger partial charge in [-0.25, -0.2) is 4.39 Å². The average molecular weight is 191 g/mol. The Morgan fingerprint density at radius 3 is 2.64 bits per heavy atom. The molecule has 2 rings (SSSR count). The predicted molar refractivity (Wildman–Crippen MR) is 56.1 cm³/mol. The summed E-state index contributed by atoms with van der Waals surface area (Å²) in [5.74, 6) is -0.182. The fraction of sp³-hybridized carbons (Fsp3) is 0.333. The van der Waals surface area contributed by atoms with Gasteiger partial charge in [-0.3, -0.25) is 0 Å². The van der Waals surface area contributed by atoms with Gasteiger partial charge < -0.3 is 4.40 Å². The molecule has 0 aromatic carbocycles. The van der Waals surface area contributed by atoms with Crippen LogP contribution in [0.1, 0.15) is 26.3 Å². The maximum atomic E-state index is 13.3. The van der Waals surface area contributed by atoms with Crippen LogP contribution in [0, 0.1) is 5.82 Å². The van der Waals surface area contributed by atoms with Crippen molar-refractivity contribution < 1.29 is 4.39 Å². The van der Waals surface area contributed by atoms with E-state index >= 15 is 0 Å². The SMILES string of the molecule is CC(C)(C)c1cc(F)cn2cccc12. The van der Waals surface area contributed by atoms with Gasteiger partial charge in [-0.15, -0.1) is 0 Å². The van der Waals surface area contributed by atoms with E-state index in [-0.39, 0.29) is 11.2 Å². The lowest BCUT2D eigenvalue weighted by molar-refractivity contribution is 0.570. The Kier molecular flexibility index (Phi) is 1.88. The number of nitrogens with zero attached hydrogens (tertiary/aromatic N) is 1. The lowest BCUT2D eigenvalue weighted by atomic mass is 9.87. The minimum atomic E-state index is -0.182. The normalized spacial score (nSPS) is 12.3. The number of hydrogen-bond acceptors (Lipinski definition) is 0. The van der Waals surface area contributed by atoms with Crippen LogP contribution in [0.15, 0.2) is 30.6 Å². The Morgan fingerprint density at radius 2 is 2.00 bits per heavy atom. The van der Waals surface area contributed by atoms with Crippen LogP contribution >= 0.6 is 0 Å². The summed E-state index contributed by atoms with van der Waals surface area (Å²) in [6.45, 7) is 6.28. The van der Waals surface area contributed by atoms with Crippen LogP contribution in [0.5, 0.6) is 0 Å². The number of aromatic nitrogens is 1. The van der Waals surface area contributed by atoms with Crippen molar-refractivity contribution in [3.05, 3.63) is 42.0 Å². The van der Waals surface area contributed by atoms with E-state index in [0.29, 0.717) is 0 Å². The molecule has 0 aliphatic carbocycles. The molecule has 0 aliphatic rings. The van der Waals surface area contributed by atoms with Crippen LogP contribution in [-0.2, 0) is 5.41 Å². The molecule has 0 aliphatic heterocycles. The Labute approximate surface area is 83.2 Å². The van der Waals surface area contributed by atoms with E-state index in [4.69, 9.17) is 0 Å². The minimum Gasteiger partial charge on any atom is -0.321 e. The molecule has 0 fully saturated rings. The molecule has 14 heavy (non-hydrogen) atoms. The van der Waals surface area contributed by atoms with E-state index in [1.807, 2.05) is 22.7 Å². The Bertz CT molecular complexity index is 463. The molecule has 2 aromatic heterocycles. The largest absolute Gasteiger partial charge is 0.321 e. The Balaban J connectivity index is 2.80. The van der Waals surface area contributed by atoms with Crippen molar-refractivity contribution in [1.82, 2.24) is 4.40 Å². The predicted octanol–water partition coefficient (Wildman–Crippen LogP) is 3.38. The Hall–Kier alpha value is -1.31. The highest BCUT2D eigenvalue weighted by Gasteiger charge is 2.17. The molecule has 2 heterocycles. The summed E-state index contributed by atoms with van der Waals surface area (Å²) in [7, 11) is 0. The maximum Gasteiger partial charge on any atom is 0.140 e. The number of rotatable bonds is 0. The highest BCUT2D eigenvalue weighted by atomic mass is 19.1. The summed E-state index contributed by atoms with van der Waals surface area (Å²) >= 11 is 0. The molecule has 0 atom stereocenters. The summed E-state index contributed by atoms with van der Waals surface area (Å²) in [6, 6.07) is 5.57. The van der Waals surface area contributed by atoms with Gasteiger partial charge in [0.1, 0.15) is 5.82 Å². The van der Waals surface area contributed by atoms with Crippen molar-refractivity contribution in [2.45, 2.75) is 26.2 Å². The van der Waals surface area contributed by atoms with E-state index in [1.165, 1.54) is 6.20 Å². The van der Waals surface area contributed by atoms with Crippen molar-refractivity contribution in [2.24, 2.45) is 0 Å². The Morgan fingerprint density at radius 1 is 1.29 bits per heavy atom. The third-order valence-corrected chi connectivity index (χ3v) is 2.41. The maximum absolute atomic E-state index is 13.3. The standard InChI is InChI=1S/C12H14FN/c1-12(2,3)10-7-9(13)8-14-6-4-5-11(10)14/h4-8H,1-3H3. The van der Waals surface area contributed by atoms with Gasteiger partial charge in [-0.2, -0.15) is 0 Å². The van der Waals surface area contributed by atoms with Gasteiger partial charge in [-0.05, 0) is 29.2 Å². The van der Waals surface area contributed by atoms with E-state index in [2.05, 4.69) is 20.8 Å². The summed E-state index contributed by atoms with van der Waals surface area (Å²) in [4.78, 5) is 0. The van der Waals surface area contributed by atoms with Crippen molar-refractivity contribution in [3.63, 3.8) is 0 Å². The second-order valence-corrected chi connectivity index (χ2v) is 4.62. The fourth-order valence-corrected chi connectivity index (χ4v) is 1.72. The van der Waals surface area contributed by atoms with Gasteiger partial charge in [0.25, 0.3) is 0 Å². The zero-order chi connectivity index (χ0) is 10.3. The van der Waals surface area contributed by atoms with Gasteiger partial charge in [0.15, 0.2) is 0 Å². The molecule has 0 saturated carbocycles. The number of fused-ring (bicyclic) bond motifs is 1. The third kappa shape index (κ3) is 1.41. The van der Waals surface area contributed by atoms with Crippen molar-refractivity contribution in [3.8, 4) is 0 Å². The summed E-state index contributed by atoms with van der Waals surface area (Å²) in [5, 5.41) is 0. The van der Waals surface area contributed by atoms with Gasteiger partial charge in [0.2, 0.25) is 0 Å². The zero-order valence-electron chi connectivity index (χ0n) is 8.71. The van der Waals surface area contributed by atoms with E-state index in [9.17, 15) is 4.39 Å². The van der Waals surface area contributed by atoms with Gasteiger partial charge >= 0.3 is 0 Å². The monoisotopic (exact) mass is 191 g/mol. The minimum absolute atomic E-state index is 0.0261. The lowest BCUT2D eigenvalue weighted by Gasteiger charge is -2.20. The zero-order valence-corrected chi connectivity index (χ0v) is 8.71. The molecule has 0 bridgehead atoms. The first kappa shape index (κ1) is 9.25. The quantitative estimate of drug-likeness (QED) is 0.601. The van der Waals surface area contributed by atoms with Crippen LogP contribution < -0.4 is 0 Å². The van der Waals surface area contributed by atoms with E-state index < -0.39 is 0 Å². The van der Waals surface area contributed by atoms with E-state index in [1.54, 1.807) is 6.07 Å². The summed E-state index contributed by atoms with van der Waals surface area (Å²) in [6.07, 6.45) is 3.37. The molecule has 2 aromatic rings. The number of pyridine rings is 1. The molecule has 1 nitrogen and oxygen atoms in total. The second kappa shape index (κ2) is 2.84. The van der Waals surface area contributed by atoms with Gasteiger partial charge in [0.05, 0.1) is 0 Å². The summed E-state index contributed by atoms with van der Waals surface area (Å²) in [5.41, 5.74) is 2.10. The molecule has 0 unspecified atom stereocenters. The molecule has 0 N–H and O–H groups in total.